The van der Waals surface area contributed by atoms with E-state index in [9.17, 15) is 18.0 Å². The second-order valence-corrected chi connectivity index (χ2v) is 5.95. The van der Waals surface area contributed by atoms with Gasteiger partial charge in [-0.1, -0.05) is 43.7 Å². The minimum absolute atomic E-state index is 0.0475. The van der Waals surface area contributed by atoms with Crippen molar-refractivity contribution in [2.24, 2.45) is 5.92 Å². The molecule has 1 aliphatic carbocycles. The van der Waals surface area contributed by atoms with Gasteiger partial charge in [0.1, 0.15) is 6.10 Å². The third-order valence-electron chi connectivity index (χ3n) is 4.46. The monoisotopic (exact) mass is 330 g/mol. The zero-order valence-electron chi connectivity index (χ0n) is 13.2. The molecule has 3 unspecified atom stereocenters. The molecule has 1 aromatic carbocycles. The highest BCUT2D eigenvalue weighted by Gasteiger charge is 2.64. The Kier molecular flexibility index (Phi) is 5.34. The molecule has 0 N–H and O–H groups in total. The van der Waals surface area contributed by atoms with E-state index in [0.29, 0.717) is 6.42 Å². The van der Waals surface area contributed by atoms with Crippen molar-refractivity contribution < 1.29 is 27.4 Å². The van der Waals surface area contributed by atoms with Crippen molar-refractivity contribution in [2.45, 2.75) is 50.5 Å². The summed E-state index contributed by atoms with van der Waals surface area (Å²) in [5.74, 6) is -1.34. The number of hydrogen-bond acceptors (Lipinski definition) is 3. The fraction of sp³-hybridized carbons (Fsp3) is 0.588. The number of alkyl halides is 3. The number of ether oxygens (including phenoxy) is 2. The normalized spacial score (nSPS) is 24.7. The Morgan fingerprint density at radius 3 is 2.26 bits per heavy atom. The van der Waals surface area contributed by atoms with Gasteiger partial charge >= 0.3 is 12.1 Å². The Balaban J connectivity index is 2.35. The summed E-state index contributed by atoms with van der Waals surface area (Å²) < 4.78 is 51.2. The van der Waals surface area contributed by atoms with Crippen molar-refractivity contribution >= 4 is 5.97 Å². The summed E-state index contributed by atoms with van der Waals surface area (Å²) in [5.41, 5.74) is -3.37. The summed E-state index contributed by atoms with van der Waals surface area (Å²) in [6, 6.07) is 6.90. The Hall–Kier alpha value is -1.56. The number of hydrogen-bond donors (Lipinski definition) is 0. The molecule has 0 aliphatic heterocycles. The first-order valence-electron chi connectivity index (χ1n) is 7.71. The number of benzene rings is 1. The average molecular weight is 330 g/mol. The van der Waals surface area contributed by atoms with Crippen molar-refractivity contribution in [1.29, 1.82) is 0 Å². The number of esters is 1. The summed E-state index contributed by atoms with van der Waals surface area (Å²) in [7, 11) is 0.881. The lowest BCUT2D eigenvalue weighted by atomic mass is 9.87. The molecule has 3 atom stereocenters. The van der Waals surface area contributed by atoms with Gasteiger partial charge in [0.25, 0.3) is 5.60 Å². The van der Waals surface area contributed by atoms with Crippen LogP contribution in [-0.2, 0) is 19.9 Å². The van der Waals surface area contributed by atoms with E-state index in [2.05, 4.69) is 0 Å². The van der Waals surface area contributed by atoms with Crippen LogP contribution >= 0.6 is 0 Å². The van der Waals surface area contributed by atoms with Crippen molar-refractivity contribution in [1.82, 2.24) is 0 Å². The van der Waals surface area contributed by atoms with Crippen molar-refractivity contribution in [2.75, 3.05) is 7.11 Å². The first kappa shape index (κ1) is 17.8. The SMILES string of the molecule is COC(C(=O)OC1CCCCC1C)(c1ccccc1)C(F)(F)F. The molecule has 6 heteroatoms. The van der Waals surface area contributed by atoms with Crippen LogP contribution in [0.5, 0.6) is 0 Å². The lowest BCUT2D eigenvalue weighted by Crippen LogP contribution is -2.53. The molecule has 1 fully saturated rings. The van der Waals surface area contributed by atoms with E-state index in [0.717, 1.165) is 26.4 Å². The molecule has 0 spiro atoms. The molecule has 1 saturated carbocycles. The van der Waals surface area contributed by atoms with E-state index in [1.165, 1.54) is 24.3 Å². The third-order valence-corrected chi connectivity index (χ3v) is 4.46. The van der Waals surface area contributed by atoms with Crippen molar-refractivity contribution in [3.63, 3.8) is 0 Å². The van der Waals surface area contributed by atoms with Crippen LogP contribution in [0.25, 0.3) is 0 Å². The van der Waals surface area contributed by atoms with Crippen LogP contribution in [0, 0.1) is 5.92 Å². The van der Waals surface area contributed by atoms with Gasteiger partial charge in [-0.15, -0.1) is 0 Å². The molecule has 128 valence electrons. The molecule has 0 heterocycles. The number of halogens is 3. The van der Waals surface area contributed by atoms with E-state index in [-0.39, 0.29) is 11.5 Å². The van der Waals surface area contributed by atoms with Crippen LogP contribution in [0.15, 0.2) is 30.3 Å². The second-order valence-electron chi connectivity index (χ2n) is 5.95. The molecule has 2 rings (SSSR count). The molecule has 1 aromatic rings. The second kappa shape index (κ2) is 6.91. The maximum Gasteiger partial charge on any atom is 0.432 e. The number of methoxy groups -OCH3 is 1. The molecule has 0 bridgehead atoms. The first-order chi connectivity index (χ1) is 10.8. The van der Waals surface area contributed by atoms with Gasteiger partial charge in [-0.2, -0.15) is 13.2 Å². The van der Waals surface area contributed by atoms with Gasteiger partial charge < -0.3 is 9.47 Å². The van der Waals surface area contributed by atoms with Gasteiger partial charge in [-0.25, -0.2) is 4.79 Å². The lowest BCUT2D eigenvalue weighted by molar-refractivity contribution is -0.279. The summed E-state index contributed by atoms with van der Waals surface area (Å²) >= 11 is 0. The van der Waals surface area contributed by atoms with E-state index in [1.807, 2.05) is 6.92 Å². The zero-order valence-corrected chi connectivity index (χ0v) is 13.2. The Bertz CT molecular complexity index is 530. The van der Waals surface area contributed by atoms with Crippen LogP contribution in [0.4, 0.5) is 13.2 Å². The minimum atomic E-state index is -4.92. The summed E-state index contributed by atoms with van der Waals surface area (Å²) in [4.78, 5) is 12.5. The van der Waals surface area contributed by atoms with Crippen LogP contribution in [0.3, 0.4) is 0 Å². The highest BCUT2D eigenvalue weighted by Crippen LogP contribution is 2.43. The van der Waals surface area contributed by atoms with Gasteiger partial charge in [0.2, 0.25) is 0 Å². The number of carbonyl (C=O) groups excluding carboxylic acids is 1. The van der Waals surface area contributed by atoms with Gasteiger partial charge in [-0.3, -0.25) is 0 Å². The molecular weight excluding hydrogens is 309 g/mol. The predicted molar refractivity (Wildman–Crippen MR) is 78.7 cm³/mol. The molecule has 23 heavy (non-hydrogen) atoms. The molecule has 1 aliphatic rings. The van der Waals surface area contributed by atoms with Crippen molar-refractivity contribution in [3.05, 3.63) is 35.9 Å². The van der Waals surface area contributed by atoms with Crippen LogP contribution in [0.2, 0.25) is 0 Å². The first-order valence-corrected chi connectivity index (χ1v) is 7.71. The molecule has 3 nitrogen and oxygen atoms in total. The Morgan fingerprint density at radius 1 is 1.13 bits per heavy atom. The Labute approximate surface area is 133 Å². The fourth-order valence-electron chi connectivity index (χ4n) is 3.06. The number of carbonyl (C=O) groups is 1. The molecule has 0 saturated heterocycles. The highest BCUT2D eigenvalue weighted by atomic mass is 19.4. The highest BCUT2D eigenvalue weighted by molar-refractivity contribution is 5.82. The Morgan fingerprint density at radius 2 is 1.74 bits per heavy atom. The predicted octanol–water partition coefficient (Wildman–Crippen LogP) is 4.21. The van der Waals surface area contributed by atoms with Crippen LogP contribution in [-0.4, -0.2) is 25.4 Å². The molecule has 0 aromatic heterocycles. The van der Waals surface area contributed by atoms with E-state index >= 15 is 0 Å². The molecule has 0 radical (unpaired) electrons. The summed E-state index contributed by atoms with van der Waals surface area (Å²) in [5, 5.41) is 0. The van der Waals surface area contributed by atoms with Crippen molar-refractivity contribution in [3.8, 4) is 0 Å². The average Bonchev–Trinajstić information content (AvgIpc) is 2.50. The van der Waals surface area contributed by atoms with Gasteiger partial charge in [-0.05, 0) is 25.2 Å². The molecule has 0 amide bonds. The standard InChI is InChI=1S/C17H21F3O3/c1-12-8-6-7-11-14(12)23-15(21)16(22-2,17(18,19)20)13-9-4-3-5-10-13/h3-5,9-10,12,14H,6-8,11H2,1-2H3. The third kappa shape index (κ3) is 3.37. The van der Waals surface area contributed by atoms with Crippen LogP contribution < -0.4 is 0 Å². The van der Waals surface area contributed by atoms with E-state index < -0.39 is 23.9 Å². The van der Waals surface area contributed by atoms with Gasteiger partial charge in [0.15, 0.2) is 0 Å². The van der Waals surface area contributed by atoms with Crippen LogP contribution in [0.1, 0.15) is 38.2 Å². The quantitative estimate of drug-likeness (QED) is 0.776. The largest absolute Gasteiger partial charge is 0.459 e. The minimum Gasteiger partial charge on any atom is -0.459 e. The molecular formula is C17H21F3O3. The summed E-state index contributed by atoms with van der Waals surface area (Å²) in [6.07, 6.45) is -2.15. The fourth-order valence-corrected chi connectivity index (χ4v) is 3.06. The maximum atomic E-state index is 13.7. The topological polar surface area (TPSA) is 35.5 Å². The lowest BCUT2D eigenvalue weighted by Gasteiger charge is -2.36. The van der Waals surface area contributed by atoms with Gasteiger partial charge in [0.05, 0.1) is 0 Å². The van der Waals surface area contributed by atoms with E-state index in [4.69, 9.17) is 9.47 Å². The maximum absolute atomic E-state index is 13.7. The smallest absolute Gasteiger partial charge is 0.432 e. The van der Waals surface area contributed by atoms with E-state index in [1.54, 1.807) is 6.07 Å². The van der Waals surface area contributed by atoms with Gasteiger partial charge in [0, 0.05) is 12.7 Å². The zero-order chi connectivity index (χ0) is 17.1. The summed E-state index contributed by atoms with van der Waals surface area (Å²) in [6.45, 7) is 1.89. The number of rotatable bonds is 4.